The van der Waals surface area contributed by atoms with E-state index < -0.39 is 5.60 Å². The summed E-state index contributed by atoms with van der Waals surface area (Å²) in [5.74, 6) is 0.345. The normalized spacial score (nSPS) is 21.1. The molecule has 22 heavy (non-hydrogen) atoms. The van der Waals surface area contributed by atoms with Crippen LogP contribution >= 0.6 is 0 Å². The highest BCUT2D eigenvalue weighted by Gasteiger charge is 2.35. The molecule has 1 amide bonds. The van der Waals surface area contributed by atoms with Gasteiger partial charge in [0, 0.05) is 31.9 Å². The number of carbonyl (C=O) groups excluding carboxylic acids is 1. The molecule has 5 heteroatoms. The molecule has 3 rings (SSSR count). The molecule has 2 N–H and O–H groups in total. The van der Waals surface area contributed by atoms with Crippen molar-refractivity contribution in [2.24, 2.45) is 0 Å². The van der Waals surface area contributed by atoms with E-state index in [0.717, 1.165) is 44.5 Å². The average Bonchev–Trinajstić information content (AvgIpc) is 2.94. The van der Waals surface area contributed by atoms with Gasteiger partial charge in [-0.15, -0.1) is 0 Å². The van der Waals surface area contributed by atoms with Crippen molar-refractivity contribution in [2.75, 3.05) is 31.1 Å². The lowest BCUT2D eigenvalue weighted by Gasteiger charge is -2.37. The van der Waals surface area contributed by atoms with E-state index in [1.807, 2.05) is 17.0 Å². The molecular weight excluding hydrogens is 280 g/mol. The molecular formula is C17H24N2O3. The Morgan fingerprint density at radius 2 is 1.64 bits per heavy atom. The number of hydrogen-bond acceptors (Lipinski definition) is 4. The zero-order valence-corrected chi connectivity index (χ0v) is 12.9. The number of aromatic hydroxyl groups is 1. The first kappa shape index (κ1) is 15.2. The van der Waals surface area contributed by atoms with Gasteiger partial charge in [-0.1, -0.05) is 12.8 Å². The molecule has 1 aliphatic carbocycles. The summed E-state index contributed by atoms with van der Waals surface area (Å²) in [5.41, 5.74) is 0.310. The molecule has 2 aliphatic rings. The fraction of sp³-hybridized carbons (Fsp3) is 0.588. The predicted octanol–water partition coefficient (Wildman–Crippen LogP) is 1.74. The number of phenols is 1. The van der Waals surface area contributed by atoms with E-state index in [-0.39, 0.29) is 18.1 Å². The van der Waals surface area contributed by atoms with Gasteiger partial charge in [0.25, 0.3) is 0 Å². The Morgan fingerprint density at radius 1 is 1.05 bits per heavy atom. The summed E-state index contributed by atoms with van der Waals surface area (Å²) in [6.07, 6.45) is 3.83. The number of phenolic OH excluding ortho intramolecular Hbond substituents is 1. The molecule has 1 saturated heterocycles. The number of amides is 1. The van der Waals surface area contributed by atoms with Crippen molar-refractivity contribution >= 4 is 11.6 Å². The van der Waals surface area contributed by atoms with Crippen LogP contribution in [0.5, 0.6) is 5.75 Å². The molecule has 0 aromatic heterocycles. The zero-order valence-electron chi connectivity index (χ0n) is 12.9. The minimum atomic E-state index is -0.759. The third-order valence-electron chi connectivity index (χ3n) is 4.86. The van der Waals surface area contributed by atoms with Gasteiger partial charge in [-0.3, -0.25) is 4.79 Å². The van der Waals surface area contributed by atoms with Gasteiger partial charge in [-0.2, -0.15) is 0 Å². The number of benzene rings is 1. The maximum atomic E-state index is 12.4. The Labute approximate surface area is 131 Å². The quantitative estimate of drug-likeness (QED) is 0.893. The summed E-state index contributed by atoms with van der Waals surface area (Å²) >= 11 is 0. The second-order valence-corrected chi connectivity index (χ2v) is 6.49. The fourth-order valence-electron chi connectivity index (χ4n) is 3.48. The van der Waals surface area contributed by atoms with Crippen molar-refractivity contribution in [3.05, 3.63) is 24.3 Å². The molecule has 0 radical (unpaired) electrons. The molecule has 0 spiro atoms. The van der Waals surface area contributed by atoms with E-state index >= 15 is 0 Å². The topological polar surface area (TPSA) is 64.0 Å². The standard InChI is InChI=1S/C17H24N2O3/c20-15-5-3-14(4-6-15)18-9-11-19(12-10-18)16(21)13-17(22)7-1-2-8-17/h3-6,20,22H,1-2,7-13H2. The van der Waals surface area contributed by atoms with Gasteiger partial charge in [0.2, 0.25) is 5.91 Å². The van der Waals surface area contributed by atoms with Gasteiger partial charge in [0.1, 0.15) is 5.75 Å². The summed E-state index contributed by atoms with van der Waals surface area (Å²) in [4.78, 5) is 16.4. The van der Waals surface area contributed by atoms with Crippen LogP contribution in [0.3, 0.4) is 0 Å². The summed E-state index contributed by atoms with van der Waals surface area (Å²) in [5, 5.41) is 19.7. The van der Waals surface area contributed by atoms with Gasteiger partial charge < -0.3 is 20.0 Å². The number of rotatable bonds is 3. The van der Waals surface area contributed by atoms with E-state index in [0.29, 0.717) is 13.1 Å². The Morgan fingerprint density at radius 3 is 2.23 bits per heavy atom. The van der Waals surface area contributed by atoms with Crippen LogP contribution in [0.15, 0.2) is 24.3 Å². The predicted molar refractivity (Wildman–Crippen MR) is 84.9 cm³/mol. The third kappa shape index (κ3) is 3.35. The molecule has 1 aromatic rings. The summed E-state index contributed by atoms with van der Waals surface area (Å²) in [7, 11) is 0. The van der Waals surface area contributed by atoms with Gasteiger partial charge in [-0.05, 0) is 37.1 Å². The molecule has 2 fully saturated rings. The molecule has 0 bridgehead atoms. The molecule has 120 valence electrons. The second kappa shape index (κ2) is 6.16. The van der Waals surface area contributed by atoms with E-state index in [2.05, 4.69) is 4.90 Å². The van der Waals surface area contributed by atoms with Crippen LogP contribution in [0.25, 0.3) is 0 Å². The van der Waals surface area contributed by atoms with E-state index in [4.69, 9.17) is 0 Å². The highest BCUT2D eigenvalue weighted by atomic mass is 16.3. The molecule has 0 atom stereocenters. The Bertz CT molecular complexity index is 515. The minimum Gasteiger partial charge on any atom is -0.508 e. The molecule has 1 heterocycles. The van der Waals surface area contributed by atoms with Crippen molar-refractivity contribution in [3.63, 3.8) is 0 Å². The van der Waals surface area contributed by atoms with Crippen LogP contribution in [-0.4, -0.2) is 52.8 Å². The lowest BCUT2D eigenvalue weighted by molar-refractivity contribution is -0.136. The number of anilines is 1. The SMILES string of the molecule is O=C(CC1(O)CCCC1)N1CCN(c2ccc(O)cc2)CC1. The third-order valence-corrected chi connectivity index (χ3v) is 4.86. The zero-order chi connectivity index (χ0) is 15.6. The number of piperazine rings is 1. The van der Waals surface area contributed by atoms with Crippen LogP contribution < -0.4 is 4.90 Å². The van der Waals surface area contributed by atoms with Crippen LogP contribution in [0.4, 0.5) is 5.69 Å². The maximum Gasteiger partial charge on any atom is 0.225 e. The summed E-state index contributed by atoms with van der Waals surface area (Å²) in [6, 6.07) is 7.16. The first-order chi connectivity index (χ1) is 10.6. The first-order valence-corrected chi connectivity index (χ1v) is 8.10. The highest BCUT2D eigenvalue weighted by molar-refractivity contribution is 5.77. The fourth-order valence-corrected chi connectivity index (χ4v) is 3.48. The Hall–Kier alpha value is -1.75. The van der Waals surface area contributed by atoms with Crippen molar-refractivity contribution < 1.29 is 15.0 Å². The lowest BCUT2D eigenvalue weighted by Crippen LogP contribution is -2.50. The number of aliphatic hydroxyl groups is 1. The average molecular weight is 304 g/mol. The first-order valence-electron chi connectivity index (χ1n) is 8.10. The van der Waals surface area contributed by atoms with Gasteiger partial charge in [0.05, 0.1) is 12.0 Å². The smallest absolute Gasteiger partial charge is 0.225 e. The monoisotopic (exact) mass is 304 g/mol. The van der Waals surface area contributed by atoms with E-state index in [1.54, 1.807) is 12.1 Å². The van der Waals surface area contributed by atoms with Crippen LogP contribution in [-0.2, 0) is 4.79 Å². The van der Waals surface area contributed by atoms with Gasteiger partial charge in [-0.25, -0.2) is 0 Å². The van der Waals surface area contributed by atoms with Gasteiger partial charge >= 0.3 is 0 Å². The lowest BCUT2D eigenvalue weighted by atomic mass is 9.97. The number of nitrogens with zero attached hydrogens (tertiary/aromatic N) is 2. The maximum absolute atomic E-state index is 12.4. The molecule has 0 unspecified atom stereocenters. The van der Waals surface area contributed by atoms with Crippen molar-refractivity contribution in [2.45, 2.75) is 37.7 Å². The molecule has 5 nitrogen and oxygen atoms in total. The summed E-state index contributed by atoms with van der Waals surface area (Å²) < 4.78 is 0. The van der Waals surface area contributed by atoms with Gasteiger partial charge in [0.15, 0.2) is 0 Å². The van der Waals surface area contributed by atoms with Crippen molar-refractivity contribution in [3.8, 4) is 5.75 Å². The van der Waals surface area contributed by atoms with E-state index in [1.165, 1.54) is 0 Å². The molecule has 1 aromatic carbocycles. The number of carbonyl (C=O) groups is 1. The van der Waals surface area contributed by atoms with Crippen LogP contribution in [0, 0.1) is 0 Å². The Balaban J connectivity index is 1.52. The minimum absolute atomic E-state index is 0.0785. The largest absolute Gasteiger partial charge is 0.508 e. The Kier molecular flexibility index (Phi) is 4.25. The number of hydrogen-bond donors (Lipinski definition) is 2. The molecule has 1 aliphatic heterocycles. The van der Waals surface area contributed by atoms with Crippen molar-refractivity contribution in [1.82, 2.24) is 4.90 Å². The molecule has 1 saturated carbocycles. The second-order valence-electron chi connectivity index (χ2n) is 6.49. The highest BCUT2D eigenvalue weighted by Crippen LogP contribution is 2.33. The van der Waals surface area contributed by atoms with Crippen LogP contribution in [0.2, 0.25) is 0 Å². The summed E-state index contributed by atoms with van der Waals surface area (Å²) in [6.45, 7) is 2.95. The van der Waals surface area contributed by atoms with Crippen molar-refractivity contribution in [1.29, 1.82) is 0 Å². The van der Waals surface area contributed by atoms with Crippen LogP contribution in [0.1, 0.15) is 32.1 Å². The van der Waals surface area contributed by atoms with E-state index in [9.17, 15) is 15.0 Å².